The first-order valence-corrected chi connectivity index (χ1v) is 7.86. The number of aromatic nitrogens is 1. The SMILES string of the molecule is CC(C)CCC(C)NCCOc1cccc2cccnc12. The molecule has 1 N–H and O–H groups in total. The number of nitrogens with one attached hydrogen (secondary N) is 1. The van der Waals surface area contributed by atoms with Crippen LogP contribution in [-0.2, 0) is 0 Å². The lowest BCUT2D eigenvalue weighted by Crippen LogP contribution is -2.30. The number of ether oxygens (including phenoxy) is 1. The summed E-state index contributed by atoms with van der Waals surface area (Å²) in [6.07, 6.45) is 4.29. The summed E-state index contributed by atoms with van der Waals surface area (Å²) in [6.45, 7) is 8.30. The lowest BCUT2D eigenvalue weighted by molar-refractivity contribution is 0.305. The average Bonchev–Trinajstić information content (AvgIpc) is 2.49. The third-order valence-electron chi connectivity index (χ3n) is 3.63. The molecule has 0 saturated carbocycles. The third kappa shape index (κ3) is 5.01. The number of hydrogen-bond acceptors (Lipinski definition) is 3. The van der Waals surface area contributed by atoms with E-state index >= 15 is 0 Å². The van der Waals surface area contributed by atoms with Gasteiger partial charge in [0.15, 0.2) is 0 Å². The molecule has 0 spiro atoms. The fourth-order valence-electron chi connectivity index (χ4n) is 2.34. The Hall–Kier alpha value is -1.61. The van der Waals surface area contributed by atoms with Gasteiger partial charge in [-0.1, -0.05) is 32.0 Å². The Kier molecular flexibility index (Phi) is 6.00. The van der Waals surface area contributed by atoms with Crippen LogP contribution >= 0.6 is 0 Å². The molecule has 114 valence electrons. The van der Waals surface area contributed by atoms with Crippen molar-refractivity contribution in [2.75, 3.05) is 13.2 Å². The van der Waals surface area contributed by atoms with Crippen molar-refractivity contribution in [3.8, 4) is 5.75 Å². The molecule has 1 aromatic heterocycles. The quantitative estimate of drug-likeness (QED) is 0.744. The molecule has 0 bridgehead atoms. The highest BCUT2D eigenvalue weighted by atomic mass is 16.5. The summed E-state index contributed by atoms with van der Waals surface area (Å²) in [5.74, 6) is 1.64. The number of hydrogen-bond donors (Lipinski definition) is 1. The number of fused-ring (bicyclic) bond motifs is 1. The summed E-state index contributed by atoms with van der Waals surface area (Å²) in [7, 11) is 0. The van der Waals surface area contributed by atoms with Gasteiger partial charge in [0.25, 0.3) is 0 Å². The van der Waals surface area contributed by atoms with E-state index in [9.17, 15) is 0 Å². The topological polar surface area (TPSA) is 34.1 Å². The smallest absolute Gasteiger partial charge is 0.145 e. The van der Waals surface area contributed by atoms with E-state index in [1.807, 2.05) is 18.2 Å². The fourth-order valence-corrected chi connectivity index (χ4v) is 2.34. The van der Waals surface area contributed by atoms with Crippen molar-refractivity contribution in [3.63, 3.8) is 0 Å². The van der Waals surface area contributed by atoms with Crippen molar-refractivity contribution < 1.29 is 4.74 Å². The molecule has 0 aliphatic rings. The predicted molar refractivity (Wildman–Crippen MR) is 88.8 cm³/mol. The van der Waals surface area contributed by atoms with Crippen LogP contribution in [0.15, 0.2) is 36.5 Å². The number of pyridine rings is 1. The van der Waals surface area contributed by atoms with E-state index < -0.39 is 0 Å². The van der Waals surface area contributed by atoms with Gasteiger partial charge in [-0.2, -0.15) is 0 Å². The molecule has 0 aliphatic carbocycles. The zero-order valence-electron chi connectivity index (χ0n) is 13.3. The molecule has 3 heteroatoms. The van der Waals surface area contributed by atoms with Crippen LogP contribution in [0.1, 0.15) is 33.6 Å². The van der Waals surface area contributed by atoms with Crippen LogP contribution in [0.25, 0.3) is 10.9 Å². The summed E-state index contributed by atoms with van der Waals surface area (Å²) in [5.41, 5.74) is 0.938. The Morgan fingerprint density at radius 2 is 1.90 bits per heavy atom. The van der Waals surface area contributed by atoms with Crippen LogP contribution in [0.4, 0.5) is 0 Å². The molecule has 1 atom stereocenters. The molecule has 2 rings (SSSR count). The van der Waals surface area contributed by atoms with Crippen molar-refractivity contribution in [1.29, 1.82) is 0 Å². The number of nitrogens with zero attached hydrogens (tertiary/aromatic N) is 1. The molecule has 0 saturated heterocycles. The van der Waals surface area contributed by atoms with E-state index in [1.165, 1.54) is 12.8 Å². The van der Waals surface area contributed by atoms with Crippen LogP contribution in [-0.4, -0.2) is 24.2 Å². The van der Waals surface area contributed by atoms with Crippen LogP contribution < -0.4 is 10.1 Å². The maximum absolute atomic E-state index is 5.87. The zero-order chi connectivity index (χ0) is 15.1. The van der Waals surface area contributed by atoms with Crippen molar-refractivity contribution in [1.82, 2.24) is 10.3 Å². The molecule has 0 aliphatic heterocycles. The number of para-hydroxylation sites is 1. The Morgan fingerprint density at radius 1 is 1.10 bits per heavy atom. The van der Waals surface area contributed by atoms with Gasteiger partial charge in [0, 0.05) is 24.2 Å². The molecule has 3 nitrogen and oxygen atoms in total. The predicted octanol–water partition coefficient (Wildman–Crippen LogP) is 4.03. The minimum atomic E-state index is 0.543. The first-order chi connectivity index (χ1) is 10.2. The van der Waals surface area contributed by atoms with Gasteiger partial charge in [0.05, 0.1) is 0 Å². The standard InChI is InChI=1S/C18H26N2O/c1-14(2)9-10-15(3)19-12-13-21-17-8-4-6-16-7-5-11-20-18(16)17/h4-8,11,14-15,19H,9-10,12-13H2,1-3H3. The fraction of sp³-hybridized carbons (Fsp3) is 0.500. The lowest BCUT2D eigenvalue weighted by Gasteiger charge is -2.15. The van der Waals surface area contributed by atoms with E-state index in [1.54, 1.807) is 6.20 Å². The number of rotatable bonds is 8. The Labute approximate surface area is 127 Å². The van der Waals surface area contributed by atoms with E-state index in [0.717, 1.165) is 29.1 Å². The molecule has 1 aromatic carbocycles. The minimum Gasteiger partial charge on any atom is -0.490 e. The van der Waals surface area contributed by atoms with Gasteiger partial charge < -0.3 is 10.1 Å². The van der Waals surface area contributed by atoms with Crippen molar-refractivity contribution in [2.24, 2.45) is 5.92 Å². The average molecular weight is 286 g/mol. The van der Waals surface area contributed by atoms with Gasteiger partial charge in [-0.3, -0.25) is 4.98 Å². The van der Waals surface area contributed by atoms with Gasteiger partial charge in [0.1, 0.15) is 17.9 Å². The first kappa shape index (κ1) is 15.8. The first-order valence-electron chi connectivity index (χ1n) is 7.86. The van der Waals surface area contributed by atoms with Crippen LogP contribution in [0.2, 0.25) is 0 Å². The van der Waals surface area contributed by atoms with Crippen molar-refractivity contribution in [2.45, 2.75) is 39.7 Å². The summed E-state index contributed by atoms with van der Waals surface area (Å²) in [5, 5.41) is 4.63. The summed E-state index contributed by atoms with van der Waals surface area (Å²) < 4.78 is 5.87. The van der Waals surface area contributed by atoms with E-state index in [-0.39, 0.29) is 0 Å². The highest BCUT2D eigenvalue weighted by molar-refractivity contribution is 5.84. The van der Waals surface area contributed by atoms with E-state index in [0.29, 0.717) is 12.6 Å². The molecule has 0 radical (unpaired) electrons. The Balaban J connectivity index is 1.78. The zero-order valence-corrected chi connectivity index (χ0v) is 13.3. The molecule has 1 heterocycles. The third-order valence-corrected chi connectivity index (χ3v) is 3.63. The Morgan fingerprint density at radius 3 is 2.71 bits per heavy atom. The van der Waals surface area contributed by atoms with Crippen LogP contribution in [0.3, 0.4) is 0 Å². The molecular formula is C18H26N2O. The second-order valence-electron chi connectivity index (χ2n) is 6.01. The normalized spacial score (nSPS) is 12.8. The molecule has 1 unspecified atom stereocenters. The largest absolute Gasteiger partial charge is 0.490 e. The molecule has 0 fully saturated rings. The molecule has 0 amide bonds. The van der Waals surface area contributed by atoms with Crippen LogP contribution in [0, 0.1) is 5.92 Å². The van der Waals surface area contributed by atoms with Crippen molar-refractivity contribution in [3.05, 3.63) is 36.5 Å². The summed E-state index contributed by atoms with van der Waals surface area (Å²) >= 11 is 0. The monoisotopic (exact) mass is 286 g/mol. The number of benzene rings is 1. The lowest BCUT2D eigenvalue weighted by atomic mass is 10.0. The maximum Gasteiger partial charge on any atom is 0.145 e. The second kappa shape index (κ2) is 7.99. The highest BCUT2D eigenvalue weighted by Gasteiger charge is 2.04. The van der Waals surface area contributed by atoms with E-state index in [4.69, 9.17) is 4.74 Å². The highest BCUT2D eigenvalue weighted by Crippen LogP contribution is 2.22. The minimum absolute atomic E-state index is 0.543. The summed E-state index contributed by atoms with van der Waals surface area (Å²) in [4.78, 5) is 4.40. The molecule has 2 aromatic rings. The van der Waals surface area contributed by atoms with Gasteiger partial charge in [-0.05, 0) is 37.8 Å². The summed E-state index contributed by atoms with van der Waals surface area (Å²) in [6, 6.07) is 10.6. The second-order valence-corrected chi connectivity index (χ2v) is 6.01. The Bertz CT molecular complexity index is 548. The van der Waals surface area contributed by atoms with Gasteiger partial charge in [-0.25, -0.2) is 0 Å². The molecular weight excluding hydrogens is 260 g/mol. The van der Waals surface area contributed by atoms with Crippen molar-refractivity contribution >= 4 is 10.9 Å². The van der Waals surface area contributed by atoms with Gasteiger partial charge in [-0.15, -0.1) is 0 Å². The maximum atomic E-state index is 5.87. The van der Waals surface area contributed by atoms with Gasteiger partial charge in [0.2, 0.25) is 0 Å². The van der Waals surface area contributed by atoms with E-state index in [2.05, 4.69) is 43.2 Å². The molecule has 21 heavy (non-hydrogen) atoms. The van der Waals surface area contributed by atoms with Crippen LogP contribution in [0.5, 0.6) is 5.75 Å². The van der Waals surface area contributed by atoms with Gasteiger partial charge >= 0.3 is 0 Å².